The number of rotatable bonds is 4. The van der Waals surface area contributed by atoms with Gasteiger partial charge in [-0.2, -0.15) is 0 Å². The van der Waals surface area contributed by atoms with Crippen LogP contribution in [0.2, 0.25) is 0 Å². The molecule has 2 atom stereocenters. The highest BCUT2D eigenvalue weighted by Gasteiger charge is 2.33. The summed E-state index contributed by atoms with van der Waals surface area (Å²) in [6, 6.07) is 6.90. The van der Waals surface area contributed by atoms with Crippen LogP contribution in [0.3, 0.4) is 0 Å². The van der Waals surface area contributed by atoms with Gasteiger partial charge >= 0.3 is 0 Å². The fourth-order valence-electron chi connectivity index (χ4n) is 3.97. The van der Waals surface area contributed by atoms with E-state index in [0.29, 0.717) is 19.1 Å². The molecule has 0 aromatic heterocycles. The average molecular weight is 304 g/mol. The van der Waals surface area contributed by atoms with Crippen LogP contribution in [-0.4, -0.2) is 29.9 Å². The lowest BCUT2D eigenvalue weighted by Gasteiger charge is -2.43. The summed E-state index contributed by atoms with van der Waals surface area (Å²) in [6.07, 6.45) is 7.78. The van der Waals surface area contributed by atoms with Crippen molar-refractivity contribution in [1.82, 2.24) is 10.2 Å². The van der Waals surface area contributed by atoms with E-state index in [9.17, 15) is 9.18 Å². The van der Waals surface area contributed by atoms with Crippen molar-refractivity contribution in [3.05, 3.63) is 35.6 Å². The van der Waals surface area contributed by atoms with Crippen molar-refractivity contribution in [3.8, 4) is 0 Å². The van der Waals surface area contributed by atoms with Crippen LogP contribution in [0.1, 0.15) is 44.1 Å². The summed E-state index contributed by atoms with van der Waals surface area (Å²) < 4.78 is 12.9. The van der Waals surface area contributed by atoms with Crippen molar-refractivity contribution >= 4 is 5.91 Å². The summed E-state index contributed by atoms with van der Waals surface area (Å²) in [4.78, 5) is 14.6. The van der Waals surface area contributed by atoms with Gasteiger partial charge in [-0.25, -0.2) is 4.39 Å². The SMILES string of the molecule is O=C(CN1CCC[C@H]2CCCC[C@@H]21)NCc1ccc(F)cc1. The molecule has 120 valence electrons. The van der Waals surface area contributed by atoms with E-state index >= 15 is 0 Å². The van der Waals surface area contributed by atoms with Crippen LogP contribution < -0.4 is 5.32 Å². The Morgan fingerprint density at radius 3 is 2.68 bits per heavy atom. The van der Waals surface area contributed by atoms with Crippen LogP contribution in [0, 0.1) is 11.7 Å². The number of benzene rings is 1. The van der Waals surface area contributed by atoms with E-state index in [4.69, 9.17) is 0 Å². The van der Waals surface area contributed by atoms with Crippen LogP contribution in [-0.2, 0) is 11.3 Å². The molecule has 0 spiro atoms. The van der Waals surface area contributed by atoms with Gasteiger partial charge < -0.3 is 5.32 Å². The Bertz CT molecular complexity index is 500. The Kier molecular flexibility index (Phi) is 5.08. The van der Waals surface area contributed by atoms with Crippen LogP contribution >= 0.6 is 0 Å². The van der Waals surface area contributed by atoms with Crippen molar-refractivity contribution in [1.29, 1.82) is 0 Å². The molecular weight excluding hydrogens is 279 g/mol. The summed E-state index contributed by atoms with van der Waals surface area (Å²) in [6.45, 7) is 2.02. The molecular formula is C18H25FN2O. The maximum Gasteiger partial charge on any atom is 0.234 e. The van der Waals surface area contributed by atoms with E-state index in [1.165, 1.54) is 50.7 Å². The molecule has 1 aliphatic heterocycles. The van der Waals surface area contributed by atoms with E-state index in [1.807, 2.05) is 0 Å². The van der Waals surface area contributed by atoms with Crippen molar-refractivity contribution in [3.63, 3.8) is 0 Å². The van der Waals surface area contributed by atoms with Crippen molar-refractivity contribution in [2.24, 2.45) is 5.92 Å². The molecule has 1 aromatic rings. The first-order valence-corrected chi connectivity index (χ1v) is 8.47. The minimum Gasteiger partial charge on any atom is -0.351 e. The number of halogens is 1. The molecule has 22 heavy (non-hydrogen) atoms. The number of amides is 1. The third kappa shape index (κ3) is 3.86. The Hall–Kier alpha value is -1.42. The molecule has 0 bridgehead atoms. The number of hydrogen-bond acceptors (Lipinski definition) is 2. The highest BCUT2D eigenvalue weighted by molar-refractivity contribution is 5.78. The number of carbonyl (C=O) groups is 1. The van der Waals surface area contributed by atoms with Gasteiger partial charge in [-0.1, -0.05) is 25.0 Å². The Morgan fingerprint density at radius 2 is 1.86 bits per heavy atom. The van der Waals surface area contributed by atoms with Gasteiger partial charge in [0.15, 0.2) is 0 Å². The molecule has 1 aliphatic carbocycles. The van der Waals surface area contributed by atoms with E-state index in [-0.39, 0.29) is 11.7 Å². The molecule has 0 radical (unpaired) electrons. The smallest absolute Gasteiger partial charge is 0.234 e. The second kappa shape index (κ2) is 7.23. The van der Waals surface area contributed by atoms with E-state index < -0.39 is 0 Å². The number of piperidine rings is 1. The van der Waals surface area contributed by atoms with Gasteiger partial charge in [0.25, 0.3) is 0 Å². The normalized spacial score (nSPS) is 25.5. The molecule has 1 saturated heterocycles. The van der Waals surface area contributed by atoms with Gasteiger partial charge in [0.05, 0.1) is 6.54 Å². The molecule has 2 fully saturated rings. The minimum absolute atomic E-state index is 0.0792. The molecule has 1 N–H and O–H groups in total. The highest BCUT2D eigenvalue weighted by Crippen LogP contribution is 2.34. The third-order valence-electron chi connectivity index (χ3n) is 5.11. The Labute approximate surface area is 131 Å². The largest absolute Gasteiger partial charge is 0.351 e. The first-order valence-electron chi connectivity index (χ1n) is 8.47. The summed E-state index contributed by atoms with van der Waals surface area (Å²) in [5.74, 6) is 0.634. The van der Waals surface area contributed by atoms with Crippen LogP contribution in [0.15, 0.2) is 24.3 Å². The molecule has 1 aromatic carbocycles. The summed E-state index contributed by atoms with van der Waals surface area (Å²) >= 11 is 0. The Balaban J connectivity index is 1.49. The van der Waals surface area contributed by atoms with Crippen LogP contribution in [0.25, 0.3) is 0 Å². The molecule has 3 nitrogen and oxygen atoms in total. The van der Waals surface area contributed by atoms with E-state index in [0.717, 1.165) is 18.0 Å². The third-order valence-corrected chi connectivity index (χ3v) is 5.11. The van der Waals surface area contributed by atoms with Gasteiger partial charge in [-0.15, -0.1) is 0 Å². The maximum absolute atomic E-state index is 12.9. The van der Waals surface area contributed by atoms with Crippen molar-refractivity contribution in [2.45, 2.75) is 51.1 Å². The van der Waals surface area contributed by atoms with E-state index in [1.54, 1.807) is 12.1 Å². The zero-order chi connectivity index (χ0) is 15.4. The lowest BCUT2D eigenvalue weighted by Crippen LogP contribution is -2.50. The maximum atomic E-state index is 12.9. The molecule has 1 amide bonds. The van der Waals surface area contributed by atoms with Gasteiger partial charge in [0.1, 0.15) is 5.82 Å². The fourth-order valence-corrected chi connectivity index (χ4v) is 3.97. The number of hydrogen-bond donors (Lipinski definition) is 1. The topological polar surface area (TPSA) is 32.3 Å². The summed E-state index contributed by atoms with van der Waals surface area (Å²) in [7, 11) is 0. The number of nitrogens with one attached hydrogen (secondary N) is 1. The Morgan fingerprint density at radius 1 is 1.14 bits per heavy atom. The molecule has 3 rings (SSSR count). The molecule has 2 aliphatic rings. The number of likely N-dealkylation sites (tertiary alicyclic amines) is 1. The first kappa shape index (κ1) is 15.5. The predicted molar refractivity (Wildman–Crippen MR) is 84.8 cm³/mol. The second-order valence-electron chi connectivity index (χ2n) is 6.63. The highest BCUT2D eigenvalue weighted by atomic mass is 19.1. The lowest BCUT2D eigenvalue weighted by molar-refractivity contribution is -0.124. The molecule has 4 heteroatoms. The van der Waals surface area contributed by atoms with Crippen LogP contribution in [0.4, 0.5) is 4.39 Å². The van der Waals surface area contributed by atoms with Gasteiger partial charge in [-0.3, -0.25) is 9.69 Å². The van der Waals surface area contributed by atoms with Crippen molar-refractivity contribution in [2.75, 3.05) is 13.1 Å². The van der Waals surface area contributed by atoms with Gasteiger partial charge in [0.2, 0.25) is 5.91 Å². The first-order chi connectivity index (χ1) is 10.7. The average Bonchev–Trinajstić information content (AvgIpc) is 2.55. The quantitative estimate of drug-likeness (QED) is 0.927. The monoisotopic (exact) mass is 304 g/mol. The van der Waals surface area contributed by atoms with Gasteiger partial charge in [-0.05, 0) is 55.8 Å². The van der Waals surface area contributed by atoms with Crippen molar-refractivity contribution < 1.29 is 9.18 Å². The molecule has 0 unspecified atom stereocenters. The zero-order valence-corrected chi connectivity index (χ0v) is 13.1. The number of nitrogens with zero attached hydrogens (tertiary/aromatic N) is 1. The second-order valence-corrected chi connectivity index (χ2v) is 6.63. The minimum atomic E-state index is -0.244. The van der Waals surface area contributed by atoms with E-state index in [2.05, 4.69) is 10.2 Å². The lowest BCUT2D eigenvalue weighted by atomic mass is 9.78. The van der Waals surface area contributed by atoms with Gasteiger partial charge in [0, 0.05) is 12.6 Å². The molecule has 1 saturated carbocycles. The molecule has 1 heterocycles. The summed E-state index contributed by atoms with van der Waals surface area (Å²) in [5, 5.41) is 2.96. The summed E-state index contributed by atoms with van der Waals surface area (Å²) in [5.41, 5.74) is 0.934. The number of carbonyl (C=O) groups excluding carboxylic acids is 1. The fraction of sp³-hybridized carbons (Fsp3) is 0.611. The predicted octanol–water partition coefficient (Wildman–Crippen LogP) is 3.10. The zero-order valence-electron chi connectivity index (χ0n) is 13.1. The standard InChI is InChI=1S/C18H25FN2O/c19-16-9-7-14(8-10-16)12-20-18(22)13-21-11-3-5-15-4-1-2-6-17(15)21/h7-10,15,17H,1-6,11-13H2,(H,20,22)/t15-,17+/m1/s1. The van der Waals surface area contributed by atoms with Crippen LogP contribution in [0.5, 0.6) is 0 Å². The number of fused-ring (bicyclic) bond motifs is 1.